The molecule has 5 heteroatoms. The van der Waals surface area contributed by atoms with Gasteiger partial charge >= 0.3 is 12.0 Å². The van der Waals surface area contributed by atoms with E-state index in [0.29, 0.717) is 19.7 Å². The topological polar surface area (TPSA) is 58.6 Å². The molecule has 5 nitrogen and oxygen atoms in total. The molecule has 0 spiro atoms. The fourth-order valence-electron chi connectivity index (χ4n) is 1.89. The molecule has 1 aliphatic rings. The number of carbonyl (C=O) groups excluding carboxylic acids is 2. The number of urea groups is 1. The van der Waals surface area contributed by atoms with Crippen molar-refractivity contribution in [3.05, 3.63) is 29.8 Å². The van der Waals surface area contributed by atoms with Gasteiger partial charge in [0.05, 0.1) is 13.0 Å². The number of nitrogens with one attached hydrogen (secondary N) is 1. The van der Waals surface area contributed by atoms with Crippen molar-refractivity contribution >= 4 is 17.7 Å². The van der Waals surface area contributed by atoms with Gasteiger partial charge in [0.2, 0.25) is 0 Å². The summed E-state index contributed by atoms with van der Waals surface area (Å²) in [7, 11) is 0. The Morgan fingerprint density at radius 3 is 2.67 bits per heavy atom. The van der Waals surface area contributed by atoms with Gasteiger partial charge in [-0.3, -0.25) is 9.69 Å². The Balaban J connectivity index is 2.01. The summed E-state index contributed by atoms with van der Waals surface area (Å²) < 4.78 is 4.88. The standard InChI is InChI=1S/C13H16N2O3/c1-2-18-12(16)9-10-3-5-11(6-4-10)15-8-7-14-13(15)17/h3-6H,2,7-9H2,1H3,(H,14,17). The molecule has 96 valence electrons. The second kappa shape index (κ2) is 5.53. The third-order valence-electron chi connectivity index (χ3n) is 2.76. The van der Waals surface area contributed by atoms with Crippen LogP contribution in [0.25, 0.3) is 0 Å². The number of nitrogens with zero attached hydrogens (tertiary/aromatic N) is 1. The van der Waals surface area contributed by atoms with Crippen molar-refractivity contribution in [2.24, 2.45) is 0 Å². The molecule has 0 saturated carbocycles. The highest BCUT2D eigenvalue weighted by Crippen LogP contribution is 2.17. The zero-order chi connectivity index (χ0) is 13.0. The van der Waals surface area contributed by atoms with Crippen molar-refractivity contribution in [1.82, 2.24) is 5.32 Å². The molecule has 0 bridgehead atoms. The van der Waals surface area contributed by atoms with E-state index in [9.17, 15) is 9.59 Å². The zero-order valence-electron chi connectivity index (χ0n) is 10.3. The molecular formula is C13H16N2O3. The highest BCUT2D eigenvalue weighted by atomic mass is 16.5. The second-order valence-corrected chi connectivity index (χ2v) is 4.03. The number of hydrogen-bond donors (Lipinski definition) is 1. The van der Waals surface area contributed by atoms with E-state index >= 15 is 0 Å². The highest BCUT2D eigenvalue weighted by Gasteiger charge is 2.20. The van der Waals surface area contributed by atoms with Crippen LogP contribution in [0.1, 0.15) is 12.5 Å². The van der Waals surface area contributed by atoms with E-state index in [1.165, 1.54) is 0 Å². The van der Waals surface area contributed by atoms with Gasteiger partial charge in [-0.25, -0.2) is 4.79 Å². The summed E-state index contributed by atoms with van der Waals surface area (Å²) in [6, 6.07) is 7.31. The number of anilines is 1. The van der Waals surface area contributed by atoms with E-state index in [1.807, 2.05) is 24.3 Å². The van der Waals surface area contributed by atoms with Crippen molar-refractivity contribution in [2.75, 3.05) is 24.6 Å². The lowest BCUT2D eigenvalue weighted by molar-refractivity contribution is -0.142. The van der Waals surface area contributed by atoms with Gasteiger partial charge in [0.25, 0.3) is 0 Å². The molecule has 1 heterocycles. The van der Waals surface area contributed by atoms with Crippen LogP contribution in [-0.4, -0.2) is 31.7 Å². The summed E-state index contributed by atoms with van der Waals surface area (Å²) >= 11 is 0. The van der Waals surface area contributed by atoms with Crippen LogP contribution in [0, 0.1) is 0 Å². The fraction of sp³-hybridized carbons (Fsp3) is 0.385. The lowest BCUT2D eigenvalue weighted by atomic mass is 10.1. The number of ether oxygens (including phenoxy) is 1. The number of esters is 1. The number of rotatable bonds is 4. The number of carbonyl (C=O) groups is 2. The van der Waals surface area contributed by atoms with Crippen molar-refractivity contribution < 1.29 is 14.3 Å². The first-order chi connectivity index (χ1) is 8.70. The summed E-state index contributed by atoms with van der Waals surface area (Å²) in [6.07, 6.45) is 0.264. The Bertz CT molecular complexity index is 442. The Kier molecular flexibility index (Phi) is 3.82. The third kappa shape index (κ3) is 2.80. The number of benzene rings is 1. The molecule has 1 aliphatic heterocycles. The maximum Gasteiger partial charge on any atom is 0.321 e. The van der Waals surface area contributed by atoms with Gasteiger partial charge < -0.3 is 10.1 Å². The molecule has 1 saturated heterocycles. The molecule has 0 atom stereocenters. The van der Waals surface area contributed by atoms with Gasteiger partial charge in [-0.05, 0) is 24.6 Å². The van der Waals surface area contributed by atoms with Crippen LogP contribution >= 0.6 is 0 Å². The maximum absolute atomic E-state index is 11.5. The number of amides is 2. The summed E-state index contributed by atoms with van der Waals surface area (Å²) in [5.41, 5.74) is 1.73. The first-order valence-electron chi connectivity index (χ1n) is 6.00. The lowest BCUT2D eigenvalue weighted by Gasteiger charge is -2.14. The molecule has 0 aromatic heterocycles. The summed E-state index contributed by atoms with van der Waals surface area (Å²) in [4.78, 5) is 24.4. The Labute approximate surface area is 106 Å². The quantitative estimate of drug-likeness (QED) is 0.818. The van der Waals surface area contributed by atoms with Crippen LogP contribution in [0.5, 0.6) is 0 Å². The molecule has 1 aromatic carbocycles. The largest absolute Gasteiger partial charge is 0.466 e. The highest BCUT2D eigenvalue weighted by molar-refractivity contribution is 5.94. The lowest BCUT2D eigenvalue weighted by Crippen LogP contribution is -2.27. The predicted molar refractivity (Wildman–Crippen MR) is 67.5 cm³/mol. The molecule has 1 N–H and O–H groups in total. The van der Waals surface area contributed by atoms with Crippen LogP contribution < -0.4 is 10.2 Å². The first-order valence-corrected chi connectivity index (χ1v) is 6.00. The smallest absolute Gasteiger partial charge is 0.321 e. The van der Waals surface area contributed by atoms with E-state index in [0.717, 1.165) is 11.3 Å². The summed E-state index contributed by atoms with van der Waals surface area (Å²) in [5.74, 6) is -0.232. The van der Waals surface area contributed by atoms with E-state index in [-0.39, 0.29) is 18.4 Å². The summed E-state index contributed by atoms with van der Waals surface area (Å²) in [5, 5.41) is 2.74. The second-order valence-electron chi connectivity index (χ2n) is 4.03. The molecule has 1 fully saturated rings. The van der Waals surface area contributed by atoms with Crippen LogP contribution in [-0.2, 0) is 16.0 Å². The van der Waals surface area contributed by atoms with Gasteiger partial charge in [0, 0.05) is 18.8 Å². The summed E-state index contributed by atoms with van der Waals surface area (Å²) in [6.45, 7) is 3.53. The maximum atomic E-state index is 11.5. The molecule has 1 aromatic rings. The van der Waals surface area contributed by atoms with Crippen LogP contribution in [0.2, 0.25) is 0 Å². The molecule has 18 heavy (non-hydrogen) atoms. The first kappa shape index (κ1) is 12.4. The minimum atomic E-state index is -0.232. The SMILES string of the molecule is CCOC(=O)Cc1ccc(N2CCNC2=O)cc1. The van der Waals surface area contributed by atoms with Gasteiger partial charge in [-0.15, -0.1) is 0 Å². The van der Waals surface area contributed by atoms with E-state index in [2.05, 4.69) is 5.32 Å². The normalized spacial score (nSPS) is 14.5. The van der Waals surface area contributed by atoms with Gasteiger partial charge in [-0.1, -0.05) is 12.1 Å². The molecule has 0 radical (unpaired) electrons. The fourth-order valence-corrected chi connectivity index (χ4v) is 1.89. The number of hydrogen-bond acceptors (Lipinski definition) is 3. The van der Waals surface area contributed by atoms with Crippen LogP contribution in [0.15, 0.2) is 24.3 Å². The monoisotopic (exact) mass is 248 g/mol. The van der Waals surface area contributed by atoms with Crippen molar-refractivity contribution in [3.8, 4) is 0 Å². The predicted octanol–water partition coefficient (Wildman–Crippen LogP) is 1.32. The average molecular weight is 248 g/mol. The Morgan fingerprint density at radius 1 is 1.39 bits per heavy atom. The minimum Gasteiger partial charge on any atom is -0.466 e. The molecule has 2 amide bonds. The van der Waals surface area contributed by atoms with E-state index < -0.39 is 0 Å². The van der Waals surface area contributed by atoms with Crippen LogP contribution in [0.3, 0.4) is 0 Å². The Morgan fingerprint density at radius 2 is 2.11 bits per heavy atom. The molecule has 2 rings (SSSR count). The minimum absolute atomic E-state index is 0.0758. The average Bonchev–Trinajstić information content (AvgIpc) is 2.77. The van der Waals surface area contributed by atoms with E-state index in [4.69, 9.17) is 4.74 Å². The van der Waals surface area contributed by atoms with Gasteiger partial charge in [0.1, 0.15) is 0 Å². The van der Waals surface area contributed by atoms with Gasteiger partial charge in [-0.2, -0.15) is 0 Å². The van der Waals surface area contributed by atoms with Crippen molar-refractivity contribution in [3.63, 3.8) is 0 Å². The van der Waals surface area contributed by atoms with Crippen molar-refractivity contribution in [1.29, 1.82) is 0 Å². The molecular weight excluding hydrogens is 232 g/mol. The van der Waals surface area contributed by atoms with Crippen molar-refractivity contribution in [2.45, 2.75) is 13.3 Å². The third-order valence-corrected chi connectivity index (χ3v) is 2.76. The Hall–Kier alpha value is -2.04. The molecule has 0 aliphatic carbocycles. The molecule has 0 unspecified atom stereocenters. The van der Waals surface area contributed by atoms with Gasteiger partial charge in [0.15, 0.2) is 0 Å². The van der Waals surface area contributed by atoms with Crippen LogP contribution in [0.4, 0.5) is 10.5 Å². The zero-order valence-corrected chi connectivity index (χ0v) is 10.3. The van der Waals surface area contributed by atoms with E-state index in [1.54, 1.807) is 11.8 Å².